The molecule has 1 heterocycles. The zero-order valence-electron chi connectivity index (χ0n) is 10.9. The highest BCUT2D eigenvalue weighted by Gasteiger charge is 2.40. The third-order valence-electron chi connectivity index (χ3n) is 4.05. The van der Waals surface area contributed by atoms with Crippen molar-refractivity contribution in [2.24, 2.45) is 0 Å². The molecule has 18 heavy (non-hydrogen) atoms. The lowest BCUT2D eigenvalue weighted by molar-refractivity contribution is 0.0960. The number of rotatable bonds is 2. The summed E-state index contributed by atoms with van der Waals surface area (Å²) in [6.45, 7) is 0.986. The van der Waals surface area contributed by atoms with Crippen LogP contribution in [0.2, 0.25) is 0 Å². The van der Waals surface area contributed by atoms with Crippen molar-refractivity contribution in [3.05, 3.63) is 22.8 Å². The lowest BCUT2D eigenvalue weighted by Gasteiger charge is -2.31. The first kappa shape index (κ1) is 11.5. The van der Waals surface area contributed by atoms with Gasteiger partial charge in [0.25, 0.3) is 0 Å². The Morgan fingerprint density at radius 3 is 2.78 bits per heavy atom. The lowest BCUT2D eigenvalue weighted by atomic mass is 9.93. The first-order valence-electron chi connectivity index (χ1n) is 6.18. The molecule has 0 saturated heterocycles. The van der Waals surface area contributed by atoms with Gasteiger partial charge in [-0.3, -0.25) is 9.69 Å². The van der Waals surface area contributed by atoms with Crippen LogP contribution < -0.4 is 9.47 Å². The van der Waals surface area contributed by atoms with E-state index in [-0.39, 0.29) is 11.8 Å². The highest BCUT2D eigenvalue weighted by Crippen LogP contribution is 2.48. The fourth-order valence-electron chi connectivity index (χ4n) is 3.13. The van der Waals surface area contributed by atoms with Crippen molar-refractivity contribution < 1.29 is 14.3 Å². The van der Waals surface area contributed by atoms with E-state index in [0.29, 0.717) is 17.9 Å². The predicted molar refractivity (Wildman–Crippen MR) is 67.6 cm³/mol. The lowest BCUT2D eigenvalue weighted by Crippen LogP contribution is -2.30. The molecule has 0 fully saturated rings. The molecule has 0 amide bonds. The Morgan fingerprint density at radius 1 is 1.33 bits per heavy atom. The van der Waals surface area contributed by atoms with Gasteiger partial charge < -0.3 is 9.47 Å². The van der Waals surface area contributed by atoms with Crippen LogP contribution in [0.25, 0.3) is 0 Å². The van der Waals surface area contributed by atoms with Gasteiger partial charge in [0.2, 0.25) is 0 Å². The Labute approximate surface area is 106 Å². The Kier molecular flexibility index (Phi) is 2.55. The number of ether oxygens (including phenoxy) is 2. The molecule has 0 N–H and O–H groups in total. The highest BCUT2D eigenvalue weighted by molar-refractivity contribution is 6.05. The standard InChI is InChI=1S/C14H17NO3/c1-15-5-4-8-6-11(17-2)14(18-3)13-10(16)7-9(15)12(8)13/h6,9H,4-5,7H2,1-3H3. The molecular formula is C14H17NO3. The molecule has 0 spiro atoms. The van der Waals surface area contributed by atoms with Crippen LogP contribution in [0.5, 0.6) is 11.5 Å². The van der Waals surface area contributed by atoms with Crippen LogP contribution in [0.15, 0.2) is 6.07 Å². The monoisotopic (exact) mass is 247 g/mol. The number of nitrogens with zero attached hydrogens (tertiary/aromatic N) is 1. The molecule has 1 aromatic rings. The second-order valence-corrected chi connectivity index (χ2v) is 4.93. The quantitative estimate of drug-likeness (QED) is 0.799. The minimum absolute atomic E-state index is 0.167. The van der Waals surface area contributed by atoms with Gasteiger partial charge in [0, 0.05) is 19.0 Å². The summed E-state index contributed by atoms with van der Waals surface area (Å²) in [6.07, 6.45) is 1.52. The van der Waals surface area contributed by atoms with Gasteiger partial charge in [0.15, 0.2) is 17.3 Å². The van der Waals surface area contributed by atoms with E-state index in [2.05, 4.69) is 11.9 Å². The molecule has 96 valence electrons. The van der Waals surface area contributed by atoms with Crippen LogP contribution >= 0.6 is 0 Å². The molecule has 1 atom stereocenters. The molecule has 1 unspecified atom stereocenters. The number of likely N-dealkylation sites (N-methyl/N-ethyl adjacent to an activating group) is 1. The summed E-state index contributed by atoms with van der Waals surface area (Å²) in [5, 5.41) is 0. The third kappa shape index (κ3) is 1.38. The Balaban J connectivity index is 2.28. The molecule has 1 aliphatic heterocycles. The first-order valence-corrected chi connectivity index (χ1v) is 6.18. The topological polar surface area (TPSA) is 38.8 Å². The van der Waals surface area contributed by atoms with Crippen molar-refractivity contribution in [1.29, 1.82) is 0 Å². The van der Waals surface area contributed by atoms with Crippen molar-refractivity contribution >= 4 is 5.78 Å². The molecule has 4 nitrogen and oxygen atoms in total. The molecule has 0 saturated carbocycles. The SMILES string of the molecule is COc1cc2c3c(c1OC)C(=O)CC3N(C)CC2. The van der Waals surface area contributed by atoms with E-state index < -0.39 is 0 Å². The number of benzene rings is 1. The van der Waals surface area contributed by atoms with Crippen LogP contribution in [-0.4, -0.2) is 38.5 Å². The molecule has 1 aromatic carbocycles. The van der Waals surface area contributed by atoms with Gasteiger partial charge in [0.1, 0.15) is 0 Å². The number of hydrogen-bond acceptors (Lipinski definition) is 4. The molecule has 3 rings (SSSR count). The summed E-state index contributed by atoms with van der Waals surface area (Å²) >= 11 is 0. The maximum Gasteiger partial charge on any atom is 0.171 e. The number of hydrogen-bond donors (Lipinski definition) is 0. The molecule has 0 bridgehead atoms. The summed E-state index contributed by atoms with van der Waals surface area (Å²) in [4.78, 5) is 14.5. The van der Waals surface area contributed by atoms with Crippen molar-refractivity contribution in [3.63, 3.8) is 0 Å². The Morgan fingerprint density at radius 2 is 2.11 bits per heavy atom. The smallest absolute Gasteiger partial charge is 0.171 e. The minimum Gasteiger partial charge on any atom is -0.493 e. The van der Waals surface area contributed by atoms with Crippen molar-refractivity contribution in [1.82, 2.24) is 4.90 Å². The van der Waals surface area contributed by atoms with Crippen molar-refractivity contribution in [3.8, 4) is 11.5 Å². The second kappa shape index (κ2) is 3.99. The fraction of sp³-hybridized carbons (Fsp3) is 0.500. The maximum atomic E-state index is 12.2. The van der Waals surface area contributed by atoms with Crippen LogP contribution in [-0.2, 0) is 6.42 Å². The normalized spacial score (nSPS) is 21.9. The zero-order valence-corrected chi connectivity index (χ0v) is 10.9. The molecule has 1 aliphatic carbocycles. The average Bonchev–Trinajstić information content (AvgIpc) is 2.73. The van der Waals surface area contributed by atoms with Crippen molar-refractivity contribution in [2.75, 3.05) is 27.8 Å². The van der Waals surface area contributed by atoms with E-state index in [9.17, 15) is 4.79 Å². The molecule has 0 radical (unpaired) electrons. The van der Waals surface area contributed by atoms with Gasteiger partial charge in [-0.1, -0.05) is 0 Å². The van der Waals surface area contributed by atoms with Crippen molar-refractivity contribution in [2.45, 2.75) is 18.9 Å². The Bertz CT molecular complexity index is 524. The third-order valence-corrected chi connectivity index (χ3v) is 4.05. The largest absolute Gasteiger partial charge is 0.493 e. The summed E-state index contributed by atoms with van der Waals surface area (Å²) < 4.78 is 10.7. The van der Waals surface area contributed by atoms with Gasteiger partial charge in [-0.05, 0) is 30.7 Å². The van der Waals surface area contributed by atoms with Gasteiger partial charge in [-0.25, -0.2) is 0 Å². The minimum atomic E-state index is 0.167. The summed E-state index contributed by atoms with van der Waals surface area (Å²) in [6, 6.07) is 2.24. The number of ketones is 1. The molecule has 2 aliphatic rings. The molecular weight excluding hydrogens is 230 g/mol. The summed E-state index contributed by atoms with van der Waals surface area (Å²) in [5.74, 6) is 1.43. The zero-order chi connectivity index (χ0) is 12.9. The number of carbonyl (C=O) groups excluding carboxylic acids is 1. The van der Waals surface area contributed by atoms with Gasteiger partial charge in [-0.15, -0.1) is 0 Å². The molecule has 0 aromatic heterocycles. The fourth-order valence-corrected chi connectivity index (χ4v) is 3.13. The Hall–Kier alpha value is -1.55. The van der Waals surface area contributed by atoms with Crippen LogP contribution in [0.4, 0.5) is 0 Å². The number of Topliss-reactive ketones (excluding diaryl/α,β-unsaturated/α-hetero) is 1. The van der Waals surface area contributed by atoms with E-state index in [4.69, 9.17) is 9.47 Å². The van der Waals surface area contributed by atoms with E-state index in [1.165, 1.54) is 5.56 Å². The van der Waals surface area contributed by atoms with Gasteiger partial charge >= 0.3 is 0 Å². The van der Waals surface area contributed by atoms with E-state index in [0.717, 1.165) is 24.1 Å². The van der Waals surface area contributed by atoms with Gasteiger partial charge in [0.05, 0.1) is 19.8 Å². The summed E-state index contributed by atoms with van der Waals surface area (Å²) in [7, 11) is 5.28. The van der Waals surface area contributed by atoms with Crippen LogP contribution in [0.3, 0.4) is 0 Å². The van der Waals surface area contributed by atoms with E-state index in [1.54, 1.807) is 14.2 Å². The number of methoxy groups -OCH3 is 2. The van der Waals surface area contributed by atoms with Crippen LogP contribution in [0.1, 0.15) is 33.9 Å². The maximum absolute atomic E-state index is 12.2. The van der Waals surface area contributed by atoms with E-state index in [1.807, 2.05) is 6.07 Å². The number of carbonyl (C=O) groups is 1. The highest BCUT2D eigenvalue weighted by atomic mass is 16.5. The molecule has 4 heteroatoms. The first-order chi connectivity index (χ1) is 8.67. The second-order valence-electron chi connectivity index (χ2n) is 4.93. The summed E-state index contributed by atoms with van der Waals surface area (Å²) in [5.41, 5.74) is 3.13. The van der Waals surface area contributed by atoms with Gasteiger partial charge in [-0.2, -0.15) is 0 Å². The average molecular weight is 247 g/mol. The van der Waals surface area contributed by atoms with Crippen LogP contribution in [0, 0.1) is 0 Å². The predicted octanol–water partition coefficient (Wildman–Crippen LogP) is 1.82. The van der Waals surface area contributed by atoms with E-state index >= 15 is 0 Å².